The molecule has 1 aliphatic heterocycles. The largest absolute Gasteiger partial charge is 0.451 e. The number of hydrogen-bond donors (Lipinski definition) is 1. The van der Waals surface area contributed by atoms with Crippen LogP contribution in [-0.4, -0.2) is 36.7 Å². The molecule has 28 heavy (non-hydrogen) atoms. The van der Waals surface area contributed by atoms with Gasteiger partial charge in [-0.05, 0) is 23.8 Å². The summed E-state index contributed by atoms with van der Waals surface area (Å²) in [6.07, 6.45) is 1.51. The van der Waals surface area contributed by atoms with Crippen molar-refractivity contribution in [1.29, 1.82) is 0 Å². The van der Waals surface area contributed by atoms with E-state index in [0.29, 0.717) is 6.54 Å². The Morgan fingerprint density at radius 3 is 2.57 bits per heavy atom. The molecule has 0 radical (unpaired) electrons. The molecule has 1 N–H and O–H groups in total. The van der Waals surface area contributed by atoms with Crippen LogP contribution in [-0.2, 0) is 19.1 Å². The number of esters is 1. The highest BCUT2D eigenvalue weighted by Crippen LogP contribution is 2.34. The summed E-state index contributed by atoms with van der Waals surface area (Å²) in [5.41, 5.74) is 1.54. The zero-order valence-electron chi connectivity index (χ0n) is 15.4. The first kappa shape index (κ1) is 19.7. The van der Waals surface area contributed by atoms with Crippen molar-refractivity contribution in [2.75, 3.05) is 23.8 Å². The molecule has 3 rings (SSSR count). The molecule has 2 aromatic carbocycles. The lowest BCUT2D eigenvalue weighted by Gasteiger charge is -2.28. The second kappa shape index (κ2) is 9.23. The standard InChI is InChI=1S/C21H20N2O4S/c1-15(24)22-17(13-16-7-3-2-4-8-16)21(26)27-14-20(25)23-11-12-28-19-10-6-5-9-18(19)23/h2-10,13H,11-12,14H2,1H3,(H,22,24)/b17-13-. The van der Waals surface area contributed by atoms with E-state index in [4.69, 9.17) is 4.74 Å². The molecule has 0 aliphatic carbocycles. The third-order valence-electron chi connectivity index (χ3n) is 4.00. The molecule has 2 aromatic rings. The van der Waals surface area contributed by atoms with Crippen LogP contribution in [0.3, 0.4) is 0 Å². The molecule has 7 heteroatoms. The van der Waals surface area contributed by atoms with Crippen LogP contribution in [0, 0.1) is 0 Å². The van der Waals surface area contributed by atoms with Gasteiger partial charge in [-0.3, -0.25) is 9.59 Å². The Kier molecular flexibility index (Phi) is 6.49. The van der Waals surface area contributed by atoms with Crippen molar-refractivity contribution >= 4 is 41.3 Å². The Bertz CT molecular complexity index is 912. The van der Waals surface area contributed by atoms with E-state index in [1.807, 2.05) is 42.5 Å². The molecule has 1 heterocycles. The van der Waals surface area contributed by atoms with Crippen LogP contribution in [0.15, 0.2) is 65.2 Å². The van der Waals surface area contributed by atoms with Crippen molar-refractivity contribution in [3.05, 3.63) is 65.9 Å². The minimum Gasteiger partial charge on any atom is -0.451 e. The van der Waals surface area contributed by atoms with Gasteiger partial charge in [-0.1, -0.05) is 42.5 Å². The number of nitrogens with one attached hydrogen (secondary N) is 1. The average molecular weight is 396 g/mol. The van der Waals surface area contributed by atoms with Crippen molar-refractivity contribution in [2.24, 2.45) is 0 Å². The van der Waals surface area contributed by atoms with Crippen LogP contribution in [0.4, 0.5) is 5.69 Å². The maximum Gasteiger partial charge on any atom is 0.355 e. The molecule has 0 aromatic heterocycles. The van der Waals surface area contributed by atoms with Crippen molar-refractivity contribution in [2.45, 2.75) is 11.8 Å². The fourth-order valence-corrected chi connectivity index (χ4v) is 3.76. The Balaban J connectivity index is 1.68. The van der Waals surface area contributed by atoms with Gasteiger partial charge in [0.2, 0.25) is 5.91 Å². The number of carbonyl (C=O) groups is 3. The van der Waals surface area contributed by atoms with Crippen molar-refractivity contribution < 1.29 is 19.1 Å². The topological polar surface area (TPSA) is 75.7 Å². The average Bonchev–Trinajstić information content (AvgIpc) is 2.71. The molecule has 0 atom stereocenters. The fourth-order valence-electron chi connectivity index (χ4n) is 2.76. The quantitative estimate of drug-likeness (QED) is 0.621. The minimum absolute atomic E-state index is 0.0129. The number of rotatable bonds is 5. The molecule has 2 amide bonds. The Morgan fingerprint density at radius 1 is 1.11 bits per heavy atom. The number of nitrogens with zero attached hydrogens (tertiary/aromatic N) is 1. The highest BCUT2D eigenvalue weighted by molar-refractivity contribution is 7.99. The van der Waals surface area contributed by atoms with E-state index in [0.717, 1.165) is 21.9 Å². The molecule has 144 valence electrons. The number of amides is 2. The van der Waals surface area contributed by atoms with Gasteiger partial charge in [0.25, 0.3) is 5.91 Å². The van der Waals surface area contributed by atoms with Gasteiger partial charge in [0.1, 0.15) is 5.70 Å². The van der Waals surface area contributed by atoms with Crippen LogP contribution >= 0.6 is 11.8 Å². The molecule has 0 saturated carbocycles. The van der Waals surface area contributed by atoms with Crippen LogP contribution in [0.5, 0.6) is 0 Å². The van der Waals surface area contributed by atoms with Crippen molar-refractivity contribution in [1.82, 2.24) is 5.32 Å². The lowest BCUT2D eigenvalue weighted by Crippen LogP contribution is -2.39. The van der Waals surface area contributed by atoms with E-state index in [1.165, 1.54) is 13.0 Å². The zero-order chi connectivity index (χ0) is 19.9. The van der Waals surface area contributed by atoms with Gasteiger partial charge in [0.05, 0.1) is 5.69 Å². The van der Waals surface area contributed by atoms with E-state index in [2.05, 4.69) is 5.32 Å². The van der Waals surface area contributed by atoms with Gasteiger partial charge in [0, 0.05) is 24.1 Å². The molecular formula is C21H20N2O4S. The van der Waals surface area contributed by atoms with E-state index in [-0.39, 0.29) is 11.6 Å². The molecule has 0 spiro atoms. The lowest BCUT2D eigenvalue weighted by molar-refractivity contribution is -0.144. The monoisotopic (exact) mass is 396 g/mol. The van der Waals surface area contributed by atoms with Gasteiger partial charge in [-0.15, -0.1) is 11.8 Å². The number of benzene rings is 2. The highest BCUT2D eigenvalue weighted by Gasteiger charge is 2.24. The fraction of sp³-hybridized carbons (Fsp3) is 0.190. The SMILES string of the molecule is CC(=O)N/C(=C\c1ccccc1)C(=O)OCC(=O)N1CCSc2ccccc21. The van der Waals surface area contributed by atoms with Crippen molar-refractivity contribution in [3.63, 3.8) is 0 Å². The summed E-state index contributed by atoms with van der Waals surface area (Å²) in [6.45, 7) is 1.46. The molecular weight excluding hydrogens is 376 g/mol. The summed E-state index contributed by atoms with van der Waals surface area (Å²) in [5.74, 6) is -0.677. The maximum absolute atomic E-state index is 12.6. The summed E-state index contributed by atoms with van der Waals surface area (Å²) in [5, 5.41) is 2.47. The molecule has 0 saturated heterocycles. The molecule has 1 aliphatic rings. The molecule has 0 fully saturated rings. The Labute approximate surface area is 167 Å². The predicted molar refractivity (Wildman–Crippen MR) is 109 cm³/mol. The van der Waals surface area contributed by atoms with E-state index < -0.39 is 18.5 Å². The number of carbonyl (C=O) groups excluding carboxylic acids is 3. The van der Waals surface area contributed by atoms with Crippen LogP contribution < -0.4 is 10.2 Å². The highest BCUT2D eigenvalue weighted by atomic mass is 32.2. The Morgan fingerprint density at radius 2 is 1.82 bits per heavy atom. The third kappa shape index (κ3) is 5.01. The smallest absolute Gasteiger partial charge is 0.355 e. The second-order valence-electron chi connectivity index (χ2n) is 6.09. The number of thioether (sulfide) groups is 1. The minimum atomic E-state index is -0.757. The summed E-state index contributed by atoms with van der Waals surface area (Å²) in [4.78, 5) is 39.1. The number of ether oxygens (including phenoxy) is 1. The van der Waals surface area contributed by atoms with Gasteiger partial charge in [-0.2, -0.15) is 0 Å². The van der Waals surface area contributed by atoms with E-state index in [9.17, 15) is 14.4 Å². The van der Waals surface area contributed by atoms with E-state index >= 15 is 0 Å². The first-order valence-corrected chi connectivity index (χ1v) is 9.77. The summed E-state index contributed by atoms with van der Waals surface area (Å²) >= 11 is 1.69. The predicted octanol–water partition coefficient (Wildman–Crippen LogP) is 2.85. The maximum atomic E-state index is 12.6. The van der Waals surface area contributed by atoms with Crippen LogP contribution in [0.25, 0.3) is 6.08 Å². The first-order valence-electron chi connectivity index (χ1n) is 8.78. The van der Waals surface area contributed by atoms with Gasteiger partial charge >= 0.3 is 5.97 Å². The number of hydrogen-bond acceptors (Lipinski definition) is 5. The van der Waals surface area contributed by atoms with E-state index in [1.54, 1.807) is 28.8 Å². The van der Waals surface area contributed by atoms with Gasteiger partial charge < -0.3 is 15.0 Å². The number of fused-ring (bicyclic) bond motifs is 1. The van der Waals surface area contributed by atoms with Gasteiger partial charge in [-0.25, -0.2) is 4.79 Å². The molecule has 0 bridgehead atoms. The Hall–Kier alpha value is -3.06. The lowest BCUT2D eigenvalue weighted by atomic mass is 10.2. The van der Waals surface area contributed by atoms with Crippen molar-refractivity contribution in [3.8, 4) is 0 Å². The summed E-state index contributed by atoms with van der Waals surface area (Å²) < 4.78 is 5.19. The molecule has 0 unspecified atom stereocenters. The number of anilines is 1. The normalized spacial score (nSPS) is 13.5. The first-order chi connectivity index (χ1) is 13.5. The number of para-hydroxylation sites is 1. The zero-order valence-corrected chi connectivity index (χ0v) is 16.2. The summed E-state index contributed by atoms with van der Waals surface area (Å²) in [6, 6.07) is 16.7. The second-order valence-corrected chi connectivity index (χ2v) is 7.22. The van der Waals surface area contributed by atoms with Crippen LogP contribution in [0.1, 0.15) is 12.5 Å². The summed E-state index contributed by atoms with van der Waals surface area (Å²) in [7, 11) is 0. The third-order valence-corrected chi connectivity index (χ3v) is 5.04. The van der Waals surface area contributed by atoms with Gasteiger partial charge in [0.15, 0.2) is 6.61 Å². The van der Waals surface area contributed by atoms with Crippen LogP contribution in [0.2, 0.25) is 0 Å². The molecule has 6 nitrogen and oxygen atoms in total.